The Balaban J connectivity index is 2.08. The first kappa shape index (κ1) is 13.1. The van der Waals surface area contributed by atoms with Crippen molar-refractivity contribution >= 4 is 22.8 Å². The summed E-state index contributed by atoms with van der Waals surface area (Å²) in [6.45, 7) is 1.01. The third-order valence-corrected chi connectivity index (χ3v) is 3.54. The molecule has 0 bridgehead atoms. The highest BCUT2D eigenvalue weighted by Crippen LogP contribution is 2.10. The normalized spacial score (nSPS) is 11.3. The minimum absolute atomic E-state index is 0.0777. The molecule has 0 spiro atoms. The number of fused-ring (bicyclic) bond motifs is 1. The van der Waals surface area contributed by atoms with Crippen molar-refractivity contribution in [3.05, 3.63) is 40.3 Å². The summed E-state index contributed by atoms with van der Waals surface area (Å²) in [6, 6.07) is 7.61. The average Bonchev–Trinajstić information content (AvgIpc) is 2.34. The van der Waals surface area contributed by atoms with Gasteiger partial charge >= 0.3 is 0 Å². The van der Waals surface area contributed by atoms with Gasteiger partial charge in [-0.05, 0) is 26.2 Å². The Morgan fingerprint density at radius 1 is 1.33 bits per heavy atom. The topological polar surface area (TPSA) is 49.0 Å². The Kier molecular flexibility index (Phi) is 4.38. The zero-order chi connectivity index (χ0) is 13.0. The SMILES string of the molecule is CN(C)CCSCc1nc2ccccc2[nH]c1=O. The highest BCUT2D eigenvalue weighted by molar-refractivity contribution is 7.98. The van der Waals surface area contributed by atoms with E-state index in [4.69, 9.17) is 0 Å². The van der Waals surface area contributed by atoms with Gasteiger partial charge in [0, 0.05) is 18.1 Å². The molecule has 18 heavy (non-hydrogen) atoms. The second-order valence-corrected chi connectivity index (χ2v) is 5.49. The van der Waals surface area contributed by atoms with Gasteiger partial charge in [-0.25, -0.2) is 4.98 Å². The Labute approximate surface area is 110 Å². The summed E-state index contributed by atoms with van der Waals surface area (Å²) in [5, 5.41) is 0. The highest BCUT2D eigenvalue weighted by atomic mass is 32.2. The van der Waals surface area contributed by atoms with Gasteiger partial charge in [-0.2, -0.15) is 11.8 Å². The Hall–Kier alpha value is -1.33. The summed E-state index contributed by atoms with van der Waals surface area (Å²) in [7, 11) is 4.09. The number of thioether (sulfide) groups is 1. The van der Waals surface area contributed by atoms with E-state index in [9.17, 15) is 4.79 Å². The van der Waals surface area contributed by atoms with Crippen molar-refractivity contribution in [3.63, 3.8) is 0 Å². The molecule has 0 radical (unpaired) electrons. The van der Waals surface area contributed by atoms with E-state index in [1.807, 2.05) is 38.4 Å². The van der Waals surface area contributed by atoms with Gasteiger partial charge < -0.3 is 9.88 Å². The van der Waals surface area contributed by atoms with Gasteiger partial charge in [-0.1, -0.05) is 12.1 Å². The van der Waals surface area contributed by atoms with E-state index in [2.05, 4.69) is 14.9 Å². The van der Waals surface area contributed by atoms with Crippen LogP contribution >= 0.6 is 11.8 Å². The maximum atomic E-state index is 11.8. The Morgan fingerprint density at radius 2 is 2.11 bits per heavy atom. The largest absolute Gasteiger partial charge is 0.319 e. The zero-order valence-corrected chi connectivity index (χ0v) is 11.5. The molecular weight excluding hydrogens is 246 g/mol. The van der Waals surface area contributed by atoms with Crippen LogP contribution in [0.5, 0.6) is 0 Å². The van der Waals surface area contributed by atoms with Crippen LogP contribution in [-0.2, 0) is 5.75 Å². The van der Waals surface area contributed by atoms with E-state index < -0.39 is 0 Å². The molecule has 0 aliphatic rings. The van der Waals surface area contributed by atoms with E-state index in [1.165, 1.54) is 0 Å². The maximum absolute atomic E-state index is 11.8. The molecular formula is C13H17N3OS. The van der Waals surface area contributed by atoms with Gasteiger partial charge in [-0.3, -0.25) is 4.79 Å². The molecule has 0 aliphatic carbocycles. The number of nitrogens with one attached hydrogen (secondary N) is 1. The second kappa shape index (κ2) is 6.02. The summed E-state index contributed by atoms with van der Waals surface area (Å²) in [5.74, 6) is 1.66. The van der Waals surface area contributed by atoms with E-state index in [0.29, 0.717) is 11.4 Å². The van der Waals surface area contributed by atoms with Gasteiger partial charge in [0.1, 0.15) is 5.69 Å². The van der Waals surface area contributed by atoms with Crippen LogP contribution in [0.1, 0.15) is 5.69 Å². The molecule has 0 saturated heterocycles. The number of rotatable bonds is 5. The molecule has 1 heterocycles. The first-order valence-corrected chi connectivity index (χ1v) is 7.02. The first-order valence-electron chi connectivity index (χ1n) is 5.87. The number of H-pyrrole nitrogens is 1. The number of aromatic nitrogens is 2. The molecule has 1 N–H and O–H groups in total. The second-order valence-electron chi connectivity index (χ2n) is 4.39. The van der Waals surface area contributed by atoms with Gasteiger partial charge in [0.25, 0.3) is 5.56 Å². The summed E-state index contributed by atoms with van der Waals surface area (Å²) in [6.07, 6.45) is 0. The third kappa shape index (κ3) is 3.34. The number of hydrogen-bond acceptors (Lipinski definition) is 4. The smallest absolute Gasteiger partial charge is 0.270 e. The predicted octanol–water partition coefficient (Wildman–Crippen LogP) is 1.72. The van der Waals surface area contributed by atoms with Crippen LogP contribution in [0.25, 0.3) is 11.0 Å². The lowest BCUT2D eigenvalue weighted by Crippen LogP contribution is -2.17. The van der Waals surface area contributed by atoms with Gasteiger partial charge in [0.05, 0.1) is 11.0 Å². The fourth-order valence-electron chi connectivity index (χ4n) is 1.58. The lowest BCUT2D eigenvalue weighted by Gasteiger charge is -2.08. The molecule has 1 aromatic carbocycles. The van der Waals surface area contributed by atoms with E-state index in [-0.39, 0.29) is 5.56 Å². The number of hydrogen-bond donors (Lipinski definition) is 1. The molecule has 0 aliphatic heterocycles. The van der Waals surface area contributed by atoms with Crippen molar-refractivity contribution in [2.75, 3.05) is 26.4 Å². The van der Waals surface area contributed by atoms with Crippen LogP contribution in [0.15, 0.2) is 29.1 Å². The molecule has 0 atom stereocenters. The number of benzene rings is 1. The third-order valence-electron chi connectivity index (χ3n) is 2.59. The lowest BCUT2D eigenvalue weighted by molar-refractivity contribution is 0.437. The molecule has 0 amide bonds. The molecule has 96 valence electrons. The summed E-state index contributed by atoms with van der Waals surface area (Å²) >= 11 is 1.73. The molecule has 2 aromatic rings. The summed E-state index contributed by atoms with van der Waals surface area (Å²) in [5.41, 5.74) is 2.17. The van der Waals surface area contributed by atoms with Crippen molar-refractivity contribution < 1.29 is 0 Å². The van der Waals surface area contributed by atoms with E-state index >= 15 is 0 Å². The summed E-state index contributed by atoms with van der Waals surface area (Å²) in [4.78, 5) is 21.2. The van der Waals surface area contributed by atoms with Crippen LogP contribution in [0.4, 0.5) is 0 Å². The van der Waals surface area contributed by atoms with Crippen molar-refractivity contribution in [2.45, 2.75) is 5.75 Å². The van der Waals surface area contributed by atoms with Crippen molar-refractivity contribution in [2.24, 2.45) is 0 Å². The quantitative estimate of drug-likeness (QED) is 0.834. The molecule has 1 aromatic heterocycles. The predicted molar refractivity (Wildman–Crippen MR) is 77.1 cm³/mol. The number of aromatic amines is 1. The Morgan fingerprint density at radius 3 is 2.89 bits per heavy atom. The van der Waals surface area contributed by atoms with Crippen molar-refractivity contribution in [3.8, 4) is 0 Å². The van der Waals surface area contributed by atoms with Crippen LogP contribution in [0.3, 0.4) is 0 Å². The van der Waals surface area contributed by atoms with Crippen molar-refractivity contribution in [1.82, 2.24) is 14.9 Å². The fourth-order valence-corrected chi connectivity index (χ4v) is 2.61. The minimum atomic E-state index is -0.0777. The summed E-state index contributed by atoms with van der Waals surface area (Å²) < 4.78 is 0. The van der Waals surface area contributed by atoms with Gasteiger partial charge in [0.2, 0.25) is 0 Å². The maximum Gasteiger partial charge on any atom is 0.270 e. The van der Waals surface area contributed by atoms with Crippen LogP contribution < -0.4 is 5.56 Å². The molecule has 0 saturated carbocycles. The standard InChI is InChI=1S/C13H17N3OS/c1-16(2)7-8-18-9-12-13(17)15-11-6-4-3-5-10(11)14-12/h3-6H,7-9H2,1-2H3,(H,15,17). The van der Waals surface area contributed by atoms with E-state index in [1.54, 1.807) is 11.8 Å². The molecule has 5 heteroatoms. The van der Waals surface area contributed by atoms with E-state index in [0.717, 1.165) is 23.3 Å². The van der Waals surface area contributed by atoms with Gasteiger partial charge in [0.15, 0.2) is 0 Å². The number of para-hydroxylation sites is 2. The average molecular weight is 263 g/mol. The molecule has 4 nitrogen and oxygen atoms in total. The van der Waals surface area contributed by atoms with Crippen LogP contribution in [0.2, 0.25) is 0 Å². The Bertz CT molecular complexity index is 580. The van der Waals surface area contributed by atoms with Gasteiger partial charge in [-0.15, -0.1) is 0 Å². The van der Waals surface area contributed by atoms with Crippen LogP contribution in [0, 0.1) is 0 Å². The van der Waals surface area contributed by atoms with Crippen molar-refractivity contribution in [1.29, 1.82) is 0 Å². The monoisotopic (exact) mass is 263 g/mol. The first-order chi connectivity index (χ1) is 8.66. The zero-order valence-electron chi connectivity index (χ0n) is 10.6. The lowest BCUT2D eigenvalue weighted by atomic mass is 10.3. The minimum Gasteiger partial charge on any atom is -0.319 e. The molecule has 2 rings (SSSR count). The fraction of sp³-hybridized carbons (Fsp3) is 0.385. The van der Waals surface area contributed by atoms with Crippen LogP contribution in [-0.4, -0.2) is 41.3 Å². The highest BCUT2D eigenvalue weighted by Gasteiger charge is 2.04. The molecule has 0 fully saturated rings. The molecule has 0 unspecified atom stereocenters. The number of nitrogens with zero attached hydrogens (tertiary/aromatic N) is 2.